The molecule has 0 aliphatic rings. The number of rotatable bonds is 5. The molecule has 0 heterocycles. The number of nitrogens with two attached hydrogens (primary N) is 1. The smallest absolute Gasteiger partial charge is 0.244 e. The van der Waals surface area contributed by atoms with E-state index in [1.54, 1.807) is 24.3 Å². The summed E-state index contributed by atoms with van der Waals surface area (Å²) in [5.41, 5.74) is 6.34. The van der Waals surface area contributed by atoms with Crippen LogP contribution in [-0.4, -0.2) is 15.0 Å². The fraction of sp³-hybridized carbons (Fsp3) is 0.143. The normalized spacial score (nSPS) is 13.1. The molecular weight excluding hydrogens is 279 g/mol. The molecule has 0 fully saturated rings. The molecule has 106 valence electrons. The fourth-order valence-electron chi connectivity index (χ4n) is 1.85. The Morgan fingerprint density at radius 2 is 1.65 bits per heavy atom. The van der Waals surface area contributed by atoms with Gasteiger partial charge in [-0.2, -0.15) is 0 Å². The van der Waals surface area contributed by atoms with Gasteiger partial charge in [-0.15, -0.1) is 0 Å². The Morgan fingerprint density at radius 1 is 1.05 bits per heavy atom. The van der Waals surface area contributed by atoms with Crippen LogP contribution in [-0.2, 0) is 10.0 Å². The van der Waals surface area contributed by atoms with Gasteiger partial charge in [0.25, 0.3) is 0 Å². The number of halogens is 1. The predicted octanol–water partition coefficient (Wildman–Crippen LogP) is 1.80. The monoisotopic (exact) mass is 294 g/mol. The van der Waals surface area contributed by atoms with Crippen LogP contribution in [0.2, 0.25) is 0 Å². The van der Waals surface area contributed by atoms with E-state index in [-0.39, 0.29) is 11.4 Å². The highest BCUT2D eigenvalue weighted by atomic mass is 32.2. The molecule has 20 heavy (non-hydrogen) atoms. The van der Waals surface area contributed by atoms with Crippen molar-refractivity contribution in [1.29, 1.82) is 0 Å². The molecule has 1 atom stereocenters. The van der Waals surface area contributed by atoms with Gasteiger partial charge in [-0.25, -0.2) is 17.5 Å². The van der Waals surface area contributed by atoms with Crippen LogP contribution in [0.25, 0.3) is 0 Å². The van der Waals surface area contributed by atoms with Gasteiger partial charge in [-0.1, -0.05) is 42.5 Å². The van der Waals surface area contributed by atoms with Crippen molar-refractivity contribution in [2.24, 2.45) is 5.73 Å². The standard InChI is InChI=1S/C14H15FN2O2S/c15-12-8-4-5-9-14(12)20(18,19)17-13(10-16)11-6-2-1-3-7-11/h1-9,13,17H,10,16H2. The second kappa shape index (κ2) is 6.13. The summed E-state index contributed by atoms with van der Waals surface area (Å²) >= 11 is 0. The predicted molar refractivity (Wildman–Crippen MR) is 75.0 cm³/mol. The molecule has 3 N–H and O–H groups in total. The van der Waals surface area contributed by atoms with Crippen LogP contribution in [0.3, 0.4) is 0 Å². The Balaban J connectivity index is 2.30. The van der Waals surface area contributed by atoms with Gasteiger partial charge in [0.15, 0.2) is 0 Å². The van der Waals surface area contributed by atoms with Gasteiger partial charge >= 0.3 is 0 Å². The first kappa shape index (κ1) is 14.6. The van der Waals surface area contributed by atoms with Gasteiger partial charge in [0.05, 0.1) is 6.04 Å². The Morgan fingerprint density at radius 3 is 2.25 bits per heavy atom. The van der Waals surface area contributed by atoms with Crippen LogP contribution in [0, 0.1) is 5.82 Å². The minimum atomic E-state index is -3.96. The van der Waals surface area contributed by atoms with Crippen LogP contribution in [0.1, 0.15) is 11.6 Å². The number of hydrogen-bond donors (Lipinski definition) is 2. The lowest BCUT2D eigenvalue weighted by molar-refractivity contribution is 0.541. The lowest BCUT2D eigenvalue weighted by atomic mass is 10.1. The fourth-order valence-corrected chi connectivity index (χ4v) is 3.17. The summed E-state index contributed by atoms with van der Waals surface area (Å²) in [6.07, 6.45) is 0. The first-order valence-electron chi connectivity index (χ1n) is 6.06. The maximum Gasteiger partial charge on any atom is 0.244 e. The van der Waals surface area contributed by atoms with Crippen LogP contribution in [0.15, 0.2) is 59.5 Å². The quantitative estimate of drug-likeness (QED) is 0.883. The van der Waals surface area contributed by atoms with Crippen LogP contribution in [0.4, 0.5) is 4.39 Å². The van der Waals surface area contributed by atoms with Crippen LogP contribution < -0.4 is 10.5 Å². The molecule has 2 aromatic rings. The molecule has 0 aromatic heterocycles. The first-order valence-corrected chi connectivity index (χ1v) is 7.55. The first-order chi connectivity index (χ1) is 9.54. The van der Waals surface area contributed by atoms with Gasteiger partial charge in [0.2, 0.25) is 10.0 Å². The molecule has 0 aliphatic carbocycles. The molecule has 0 saturated heterocycles. The molecule has 6 heteroatoms. The molecule has 0 saturated carbocycles. The summed E-state index contributed by atoms with van der Waals surface area (Å²) < 4.78 is 40.4. The number of sulfonamides is 1. The van der Waals surface area contributed by atoms with Crippen molar-refractivity contribution in [3.05, 3.63) is 66.0 Å². The third-order valence-electron chi connectivity index (χ3n) is 2.86. The van der Waals surface area contributed by atoms with E-state index in [0.717, 1.165) is 11.6 Å². The molecule has 0 spiro atoms. The highest BCUT2D eigenvalue weighted by Crippen LogP contribution is 2.18. The van der Waals surface area contributed by atoms with E-state index in [4.69, 9.17) is 5.73 Å². The van der Waals surface area contributed by atoms with Crippen molar-refractivity contribution in [2.45, 2.75) is 10.9 Å². The second-order valence-corrected chi connectivity index (χ2v) is 5.93. The molecule has 2 rings (SSSR count). The number of hydrogen-bond acceptors (Lipinski definition) is 3. The SMILES string of the molecule is NCC(NS(=O)(=O)c1ccccc1F)c1ccccc1. The van der Waals surface area contributed by atoms with Crippen molar-refractivity contribution in [3.8, 4) is 0 Å². The van der Waals surface area contributed by atoms with Gasteiger partial charge in [0.1, 0.15) is 10.7 Å². The summed E-state index contributed by atoms with van der Waals surface area (Å²) in [6.45, 7) is 0.0810. The Labute approximate surface area is 117 Å². The molecular formula is C14H15FN2O2S. The molecule has 0 radical (unpaired) electrons. The van der Waals surface area contributed by atoms with Gasteiger partial charge in [0, 0.05) is 6.54 Å². The zero-order valence-electron chi connectivity index (χ0n) is 10.7. The van der Waals surface area contributed by atoms with E-state index >= 15 is 0 Å². The van der Waals surface area contributed by atoms with E-state index in [9.17, 15) is 12.8 Å². The Bertz CT molecular complexity index is 675. The number of benzene rings is 2. The van der Waals surface area contributed by atoms with E-state index in [1.807, 2.05) is 6.07 Å². The molecule has 0 amide bonds. The second-order valence-electron chi connectivity index (χ2n) is 4.25. The molecule has 0 bridgehead atoms. The summed E-state index contributed by atoms with van der Waals surface area (Å²) in [6, 6.07) is 13.6. The summed E-state index contributed by atoms with van der Waals surface area (Å²) in [4.78, 5) is -0.380. The van der Waals surface area contributed by atoms with Crippen molar-refractivity contribution in [1.82, 2.24) is 4.72 Å². The van der Waals surface area contributed by atoms with E-state index in [1.165, 1.54) is 18.2 Å². The molecule has 4 nitrogen and oxygen atoms in total. The van der Waals surface area contributed by atoms with E-state index < -0.39 is 21.9 Å². The van der Waals surface area contributed by atoms with Crippen LogP contribution in [0.5, 0.6) is 0 Å². The summed E-state index contributed by atoms with van der Waals surface area (Å²) in [5, 5.41) is 0. The van der Waals surface area contributed by atoms with Crippen molar-refractivity contribution >= 4 is 10.0 Å². The molecule has 2 aromatic carbocycles. The van der Waals surface area contributed by atoms with Crippen molar-refractivity contribution in [2.75, 3.05) is 6.54 Å². The van der Waals surface area contributed by atoms with Crippen molar-refractivity contribution in [3.63, 3.8) is 0 Å². The molecule has 0 aliphatic heterocycles. The largest absolute Gasteiger partial charge is 0.329 e. The van der Waals surface area contributed by atoms with Gasteiger partial charge in [-0.3, -0.25) is 0 Å². The minimum Gasteiger partial charge on any atom is -0.329 e. The Kier molecular flexibility index (Phi) is 4.49. The third-order valence-corrected chi connectivity index (χ3v) is 4.37. The highest BCUT2D eigenvalue weighted by molar-refractivity contribution is 7.89. The zero-order valence-corrected chi connectivity index (χ0v) is 11.5. The Hall–Kier alpha value is -1.76. The topological polar surface area (TPSA) is 72.2 Å². The minimum absolute atomic E-state index is 0.0810. The van der Waals surface area contributed by atoms with E-state index in [2.05, 4.69) is 4.72 Å². The maximum absolute atomic E-state index is 13.6. The lowest BCUT2D eigenvalue weighted by Crippen LogP contribution is -2.33. The average molecular weight is 294 g/mol. The van der Waals surface area contributed by atoms with Crippen molar-refractivity contribution < 1.29 is 12.8 Å². The average Bonchev–Trinajstić information content (AvgIpc) is 2.46. The lowest BCUT2D eigenvalue weighted by Gasteiger charge is -2.17. The van der Waals surface area contributed by atoms with E-state index in [0.29, 0.717) is 0 Å². The number of nitrogens with one attached hydrogen (secondary N) is 1. The van der Waals surface area contributed by atoms with Gasteiger partial charge < -0.3 is 5.73 Å². The van der Waals surface area contributed by atoms with Crippen LogP contribution >= 0.6 is 0 Å². The maximum atomic E-state index is 13.6. The molecule has 1 unspecified atom stereocenters. The summed E-state index contributed by atoms with van der Waals surface area (Å²) in [5.74, 6) is -0.788. The highest BCUT2D eigenvalue weighted by Gasteiger charge is 2.23. The summed E-state index contributed by atoms with van der Waals surface area (Å²) in [7, 11) is -3.96. The zero-order chi connectivity index (χ0) is 14.6. The third kappa shape index (κ3) is 3.22. The van der Waals surface area contributed by atoms with Gasteiger partial charge in [-0.05, 0) is 17.7 Å².